The van der Waals surface area contributed by atoms with Gasteiger partial charge in [-0.25, -0.2) is 4.79 Å². The Labute approximate surface area is 143 Å². The number of nitrogens with zero attached hydrogens (tertiary/aromatic N) is 1. The Morgan fingerprint density at radius 2 is 1.42 bits per heavy atom. The van der Waals surface area contributed by atoms with Crippen molar-refractivity contribution in [2.24, 2.45) is 0 Å². The van der Waals surface area contributed by atoms with E-state index in [0.717, 1.165) is 30.9 Å². The first kappa shape index (κ1) is 16.4. The van der Waals surface area contributed by atoms with Crippen molar-refractivity contribution in [2.45, 2.75) is 32.6 Å². The largest absolute Gasteiger partial charge is 0.372 e. The fourth-order valence-electron chi connectivity index (χ4n) is 3.02. The molecule has 3 rings (SSSR count). The summed E-state index contributed by atoms with van der Waals surface area (Å²) in [6.07, 6.45) is 4.85. The summed E-state index contributed by atoms with van der Waals surface area (Å²) in [5.41, 5.74) is 4.10. The van der Waals surface area contributed by atoms with Gasteiger partial charge in [0.25, 0.3) is 0 Å². The van der Waals surface area contributed by atoms with Gasteiger partial charge in [-0.2, -0.15) is 0 Å². The molecule has 0 aliphatic carbocycles. The molecule has 24 heavy (non-hydrogen) atoms. The molecule has 0 radical (unpaired) electrons. The zero-order chi connectivity index (χ0) is 16.8. The molecule has 0 unspecified atom stereocenters. The highest BCUT2D eigenvalue weighted by Gasteiger charge is 2.11. The summed E-state index contributed by atoms with van der Waals surface area (Å²) in [7, 11) is 0. The van der Waals surface area contributed by atoms with Crippen molar-refractivity contribution in [1.29, 1.82) is 0 Å². The van der Waals surface area contributed by atoms with E-state index in [4.69, 9.17) is 0 Å². The molecular formula is C20H25N3O. The van der Waals surface area contributed by atoms with E-state index >= 15 is 0 Å². The summed E-state index contributed by atoms with van der Waals surface area (Å²) in [5, 5.41) is 5.74. The number of amides is 2. The van der Waals surface area contributed by atoms with E-state index in [1.807, 2.05) is 36.4 Å². The van der Waals surface area contributed by atoms with E-state index in [-0.39, 0.29) is 6.03 Å². The number of nitrogens with one attached hydrogen (secondary N) is 2. The van der Waals surface area contributed by atoms with Crippen LogP contribution in [0, 0.1) is 0 Å². The highest BCUT2D eigenvalue weighted by atomic mass is 16.2. The van der Waals surface area contributed by atoms with Gasteiger partial charge >= 0.3 is 6.03 Å². The molecule has 4 nitrogen and oxygen atoms in total. The van der Waals surface area contributed by atoms with Crippen LogP contribution in [-0.2, 0) is 6.42 Å². The average Bonchev–Trinajstić information content (AvgIpc) is 2.64. The third-order valence-corrected chi connectivity index (χ3v) is 4.47. The molecule has 126 valence electrons. The van der Waals surface area contributed by atoms with Gasteiger partial charge in [-0.3, -0.25) is 0 Å². The quantitative estimate of drug-likeness (QED) is 0.842. The molecule has 0 atom stereocenters. The van der Waals surface area contributed by atoms with Gasteiger partial charge in [0.15, 0.2) is 0 Å². The van der Waals surface area contributed by atoms with Crippen molar-refractivity contribution in [2.75, 3.05) is 28.6 Å². The molecule has 2 N–H and O–H groups in total. The van der Waals surface area contributed by atoms with Crippen molar-refractivity contribution in [1.82, 2.24) is 0 Å². The summed E-state index contributed by atoms with van der Waals surface area (Å²) in [5.74, 6) is 0. The Morgan fingerprint density at radius 3 is 1.96 bits per heavy atom. The van der Waals surface area contributed by atoms with Crippen LogP contribution >= 0.6 is 0 Å². The molecule has 1 aliphatic rings. The van der Waals surface area contributed by atoms with Gasteiger partial charge in [0.1, 0.15) is 0 Å². The Bertz CT molecular complexity index is 658. The SMILES string of the molecule is CCc1ccc(NC(=O)Nc2ccc(N3CCCCC3)cc2)cc1. The van der Waals surface area contributed by atoms with E-state index in [2.05, 4.69) is 34.6 Å². The third-order valence-electron chi connectivity index (χ3n) is 4.47. The van der Waals surface area contributed by atoms with Gasteiger partial charge in [-0.15, -0.1) is 0 Å². The molecule has 2 amide bonds. The van der Waals surface area contributed by atoms with Crippen LogP contribution in [0.3, 0.4) is 0 Å². The van der Waals surface area contributed by atoms with Crippen LogP contribution in [0.25, 0.3) is 0 Å². The first-order valence-electron chi connectivity index (χ1n) is 8.76. The first-order chi connectivity index (χ1) is 11.7. The van der Waals surface area contributed by atoms with Gasteiger partial charge in [-0.1, -0.05) is 19.1 Å². The second kappa shape index (κ2) is 7.86. The van der Waals surface area contributed by atoms with E-state index in [9.17, 15) is 4.79 Å². The highest BCUT2D eigenvalue weighted by Crippen LogP contribution is 2.22. The molecule has 0 saturated carbocycles. The number of piperidine rings is 1. The zero-order valence-electron chi connectivity index (χ0n) is 14.2. The van der Waals surface area contributed by atoms with Crippen LogP contribution in [-0.4, -0.2) is 19.1 Å². The summed E-state index contributed by atoms with van der Waals surface area (Å²) in [6, 6.07) is 15.8. The van der Waals surface area contributed by atoms with Crippen LogP contribution in [0.5, 0.6) is 0 Å². The molecule has 0 spiro atoms. The number of carbonyl (C=O) groups excluding carboxylic acids is 1. The van der Waals surface area contributed by atoms with E-state index in [1.54, 1.807) is 0 Å². The predicted molar refractivity (Wildman–Crippen MR) is 101 cm³/mol. The van der Waals surface area contributed by atoms with Gasteiger partial charge < -0.3 is 15.5 Å². The summed E-state index contributed by atoms with van der Waals surface area (Å²) < 4.78 is 0. The van der Waals surface area contributed by atoms with Gasteiger partial charge in [0.05, 0.1) is 0 Å². The fourth-order valence-corrected chi connectivity index (χ4v) is 3.02. The number of aryl methyl sites for hydroxylation is 1. The van der Waals surface area contributed by atoms with Gasteiger partial charge in [-0.05, 0) is 67.6 Å². The number of benzene rings is 2. The number of rotatable bonds is 4. The highest BCUT2D eigenvalue weighted by molar-refractivity contribution is 5.99. The standard InChI is InChI=1S/C20H25N3O/c1-2-16-6-8-17(9-7-16)21-20(24)22-18-10-12-19(13-11-18)23-14-4-3-5-15-23/h6-13H,2-5,14-15H2,1H3,(H2,21,22,24). The molecule has 2 aromatic rings. The van der Waals surface area contributed by atoms with E-state index in [0.29, 0.717) is 0 Å². The molecule has 1 aliphatic heterocycles. The molecule has 4 heteroatoms. The minimum absolute atomic E-state index is 0.218. The molecule has 1 saturated heterocycles. The molecule has 1 fully saturated rings. The molecule has 1 heterocycles. The lowest BCUT2D eigenvalue weighted by molar-refractivity contribution is 0.262. The van der Waals surface area contributed by atoms with Crippen LogP contribution in [0.4, 0.5) is 21.9 Å². The smallest absolute Gasteiger partial charge is 0.323 e. The third kappa shape index (κ3) is 4.28. The lowest BCUT2D eigenvalue weighted by Crippen LogP contribution is -2.29. The maximum Gasteiger partial charge on any atom is 0.323 e. The summed E-state index contributed by atoms with van der Waals surface area (Å²) in [6.45, 7) is 4.37. The van der Waals surface area contributed by atoms with Gasteiger partial charge in [0, 0.05) is 30.2 Å². The lowest BCUT2D eigenvalue weighted by atomic mass is 10.1. The first-order valence-corrected chi connectivity index (χ1v) is 8.76. The number of carbonyl (C=O) groups is 1. The molecule has 2 aromatic carbocycles. The van der Waals surface area contributed by atoms with E-state index in [1.165, 1.54) is 30.5 Å². The lowest BCUT2D eigenvalue weighted by Gasteiger charge is -2.28. The maximum absolute atomic E-state index is 12.1. The number of urea groups is 1. The minimum atomic E-state index is -0.218. The Balaban J connectivity index is 1.55. The van der Waals surface area contributed by atoms with E-state index < -0.39 is 0 Å². The Hall–Kier alpha value is -2.49. The Morgan fingerprint density at radius 1 is 0.875 bits per heavy atom. The monoisotopic (exact) mass is 323 g/mol. The summed E-state index contributed by atoms with van der Waals surface area (Å²) >= 11 is 0. The number of hydrogen-bond donors (Lipinski definition) is 2. The average molecular weight is 323 g/mol. The Kier molecular flexibility index (Phi) is 5.36. The minimum Gasteiger partial charge on any atom is -0.372 e. The normalized spacial score (nSPS) is 14.3. The van der Waals surface area contributed by atoms with Gasteiger partial charge in [0.2, 0.25) is 0 Å². The molecular weight excluding hydrogens is 298 g/mol. The number of anilines is 3. The van der Waals surface area contributed by atoms with Crippen LogP contribution in [0.15, 0.2) is 48.5 Å². The van der Waals surface area contributed by atoms with Crippen molar-refractivity contribution in [3.8, 4) is 0 Å². The predicted octanol–water partition coefficient (Wildman–Crippen LogP) is 4.88. The zero-order valence-corrected chi connectivity index (χ0v) is 14.2. The number of hydrogen-bond acceptors (Lipinski definition) is 2. The van der Waals surface area contributed by atoms with Crippen molar-refractivity contribution >= 4 is 23.1 Å². The van der Waals surface area contributed by atoms with Crippen LogP contribution in [0.1, 0.15) is 31.7 Å². The topological polar surface area (TPSA) is 44.4 Å². The van der Waals surface area contributed by atoms with Crippen molar-refractivity contribution in [3.63, 3.8) is 0 Å². The molecule has 0 aromatic heterocycles. The second-order valence-corrected chi connectivity index (χ2v) is 6.22. The fraction of sp³-hybridized carbons (Fsp3) is 0.350. The second-order valence-electron chi connectivity index (χ2n) is 6.22. The van der Waals surface area contributed by atoms with Crippen molar-refractivity contribution in [3.05, 3.63) is 54.1 Å². The van der Waals surface area contributed by atoms with Crippen LogP contribution in [0.2, 0.25) is 0 Å². The van der Waals surface area contributed by atoms with Crippen molar-refractivity contribution < 1.29 is 4.79 Å². The van der Waals surface area contributed by atoms with Crippen LogP contribution < -0.4 is 15.5 Å². The molecule has 0 bridgehead atoms. The maximum atomic E-state index is 12.1. The summed E-state index contributed by atoms with van der Waals surface area (Å²) in [4.78, 5) is 14.5.